The SMILES string of the molecule is C/C=C\c1ccc2n(c1=O)C[C@H]1[C@H](CO)[C@@H](C(=O)N3CCCCC3)[C@@H]2N1C(=O)C1CC1. The third kappa shape index (κ3) is 3.25. The molecule has 166 valence electrons. The number of piperidine rings is 1. The second-order valence-electron chi connectivity index (χ2n) is 9.42. The second kappa shape index (κ2) is 7.93. The molecule has 3 aliphatic heterocycles. The Morgan fingerprint density at radius 2 is 1.87 bits per heavy atom. The predicted molar refractivity (Wildman–Crippen MR) is 116 cm³/mol. The lowest BCUT2D eigenvalue weighted by Crippen LogP contribution is -2.50. The van der Waals surface area contributed by atoms with Crippen LogP contribution < -0.4 is 5.56 Å². The molecular formula is C24H31N3O4. The minimum Gasteiger partial charge on any atom is -0.396 e. The summed E-state index contributed by atoms with van der Waals surface area (Å²) in [6.07, 6.45) is 8.50. The van der Waals surface area contributed by atoms with Gasteiger partial charge in [0, 0.05) is 49.3 Å². The Hall–Kier alpha value is -2.41. The van der Waals surface area contributed by atoms with Crippen LogP contribution in [0.1, 0.15) is 56.3 Å². The number of rotatable bonds is 4. The molecule has 4 heterocycles. The minimum absolute atomic E-state index is 0.0220. The van der Waals surface area contributed by atoms with Crippen LogP contribution >= 0.6 is 0 Å². The van der Waals surface area contributed by atoms with Gasteiger partial charge in [0.2, 0.25) is 11.8 Å². The molecule has 1 N–H and O–H groups in total. The van der Waals surface area contributed by atoms with E-state index in [0.717, 1.165) is 50.9 Å². The first kappa shape index (κ1) is 20.5. The van der Waals surface area contributed by atoms with Crippen LogP contribution in [0.15, 0.2) is 23.0 Å². The number of hydrogen-bond donors (Lipinski definition) is 1. The van der Waals surface area contributed by atoms with Gasteiger partial charge in [-0.15, -0.1) is 0 Å². The Morgan fingerprint density at radius 3 is 2.52 bits per heavy atom. The standard InChI is InChI=1S/C24H31N3O4/c1-2-6-15-9-10-18-21-20(24(31)25-11-4-3-5-12-25)17(14-28)19(13-26(18)22(15)29)27(21)23(30)16-7-8-16/h2,6,9-10,16-17,19-21,28H,3-5,7-8,11-14H2,1H3/b6-2-/t17-,19-,20+,21+/m0/s1. The maximum atomic E-state index is 13.7. The van der Waals surface area contributed by atoms with Gasteiger partial charge in [-0.25, -0.2) is 0 Å². The number of hydrogen-bond acceptors (Lipinski definition) is 4. The van der Waals surface area contributed by atoms with Gasteiger partial charge in [-0.2, -0.15) is 0 Å². The average Bonchev–Trinajstić information content (AvgIpc) is 3.61. The molecule has 1 aliphatic carbocycles. The van der Waals surface area contributed by atoms with E-state index in [1.54, 1.807) is 16.7 Å². The van der Waals surface area contributed by atoms with Gasteiger partial charge in [-0.1, -0.05) is 12.2 Å². The number of carbonyl (C=O) groups is 2. The van der Waals surface area contributed by atoms with Crippen molar-refractivity contribution in [2.75, 3.05) is 19.7 Å². The third-order valence-corrected chi connectivity index (χ3v) is 7.55. The third-order valence-electron chi connectivity index (χ3n) is 7.55. The molecule has 0 spiro atoms. The quantitative estimate of drug-likeness (QED) is 0.797. The van der Waals surface area contributed by atoms with Gasteiger partial charge in [-0.05, 0) is 51.2 Å². The van der Waals surface area contributed by atoms with Crippen LogP contribution in [0.4, 0.5) is 0 Å². The van der Waals surface area contributed by atoms with Gasteiger partial charge in [-0.3, -0.25) is 14.4 Å². The average molecular weight is 426 g/mol. The molecule has 0 radical (unpaired) electrons. The first-order valence-electron chi connectivity index (χ1n) is 11.6. The monoisotopic (exact) mass is 425 g/mol. The molecule has 31 heavy (non-hydrogen) atoms. The summed E-state index contributed by atoms with van der Waals surface area (Å²) >= 11 is 0. The van der Waals surface area contributed by atoms with Crippen molar-refractivity contribution in [1.29, 1.82) is 0 Å². The number of aromatic nitrogens is 1. The predicted octanol–water partition coefficient (Wildman–Crippen LogP) is 1.79. The van der Waals surface area contributed by atoms with Gasteiger partial charge in [0.15, 0.2) is 0 Å². The van der Waals surface area contributed by atoms with Gasteiger partial charge < -0.3 is 19.5 Å². The van der Waals surface area contributed by atoms with E-state index in [2.05, 4.69) is 0 Å². The summed E-state index contributed by atoms with van der Waals surface area (Å²) in [5, 5.41) is 10.4. The largest absolute Gasteiger partial charge is 0.396 e. The number of aliphatic hydroxyl groups excluding tert-OH is 1. The molecule has 7 heteroatoms. The molecule has 5 rings (SSSR count). The summed E-state index contributed by atoms with van der Waals surface area (Å²) in [6.45, 7) is 3.51. The molecule has 2 saturated heterocycles. The first-order chi connectivity index (χ1) is 15.1. The number of likely N-dealkylation sites (tertiary alicyclic amines) is 1. The molecular weight excluding hydrogens is 394 g/mol. The maximum absolute atomic E-state index is 13.7. The van der Waals surface area contributed by atoms with Crippen molar-refractivity contribution in [1.82, 2.24) is 14.4 Å². The van der Waals surface area contributed by atoms with Gasteiger partial charge >= 0.3 is 0 Å². The van der Waals surface area contributed by atoms with Crippen molar-refractivity contribution in [3.8, 4) is 0 Å². The Balaban J connectivity index is 1.62. The van der Waals surface area contributed by atoms with Crippen LogP contribution in [0.3, 0.4) is 0 Å². The smallest absolute Gasteiger partial charge is 0.258 e. The van der Waals surface area contributed by atoms with E-state index in [4.69, 9.17) is 0 Å². The van der Waals surface area contributed by atoms with Crippen molar-refractivity contribution in [3.63, 3.8) is 0 Å². The van der Waals surface area contributed by atoms with Crippen LogP contribution in [0.5, 0.6) is 0 Å². The van der Waals surface area contributed by atoms with E-state index >= 15 is 0 Å². The molecule has 1 saturated carbocycles. The minimum atomic E-state index is -0.503. The highest BCUT2D eigenvalue weighted by Gasteiger charge is 2.59. The highest BCUT2D eigenvalue weighted by molar-refractivity contribution is 5.86. The van der Waals surface area contributed by atoms with E-state index in [1.807, 2.05) is 28.9 Å². The Labute approximate surface area is 182 Å². The van der Waals surface area contributed by atoms with Crippen molar-refractivity contribution in [3.05, 3.63) is 39.8 Å². The Kier molecular flexibility index (Phi) is 5.24. The topological polar surface area (TPSA) is 82.8 Å². The number of amides is 2. The van der Waals surface area contributed by atoms with Crippen molar-refractivity contribution in [2.24, 2.45) is 17.8 Å². The fourth-order valence-corrected chi connectivity index (χ4v) is 5.88. The molecule has 7 nitrogen and oxygen atoms in total. The zero-order chi connectivity index (χ0) is 21.7. The molecule has 2 bridgehead atoms. The lowest BCUT2D eigenvalue weighted by Gasteiger charge is -2.39. The Morgan fingerprint density at radius 1 is 1.13 bits per heavy atom. The maximum Gasteiger partial charge on any atom is 0.258 e. The van der Waals surface area contributed by atoms with E-state index in [1.165, 1.54) is 0 Å². The molecule has 2 amide bonds. The number of nitrogens with zero attached hydrogens (tertiary/aromatic N) is 3. The van der Waals surface area contributed by atoms with E-state index in [9.17, 15) is 19.5 Å². The zero-order valence-electron chi connectivity index (χ0n) is 18.1. The van der Waals surface area contributed by atoms with Crippen molar-refractivity contribution >= 4 is 17.9 Å². The highest BCUT2D eigenvalue weighted by atomic mass is 16.3. The van der Waals surface area contributed by atoms with Crippen LogP contribution in [0, 0.1) is 17.8 Å². The van der Waals surface area contributed by atoms with Crippen molar-refractivity contribution < 1.29 is 14.7 Å². The fraction of sp³-hybridized carbons (Fsp3) is 0.625. The fourth-order valence-electron chi connectivity index (χ4n) is 5.88. The van der Waals surface area contributed by atoms with Gasteiger partial charge in [0.1, 0.15) is 0 Å². The second-order valence-corrected chi connectivity index (χ2v) is 9.42. The number of pyridine rings is 1. The summed E-state index contributed by atoms with van der Waals surface area (Å²) in [4.78, 5) is 44.0. The first-order valence-corrected chi connectivity index (χ1v) is 11.6. The Bertz CT molecular complexity index is 974. The summed E-state index contributed by atoms with van der Waals surface area (Å²) in [6, 6.07) is 2.89. The lowest BCUT2D eigenvalue weighted by atomic mass is 9.85. The summed E-state index contributed by atoms with van der Waals surface area (Å²) in [7, 11) is 0. The van der Waals surface area contributed by atoms with Gasteiger partial charge in [0.25, 0.3) is 5.56 Å². The molecule has 1 aromatic heterocycles. The summed E-state index contributed by atoms with van der Waals surface area (Å²) < 4.78 is 1.74. The molecule has 0 unspecified atom stereocenters. The van der Waals surface area contributed by atoms with Crippen LogP contribution in [-0.4, -0.2) is 57.0 Å². The molecule has 0 aromatic carbocycles. The lowest BCUT2D eigenvalue weighted by molar-refractivity contribution is -0.141. The van der Waals surface area contributed by atoms with E-state index in [-0.39, 0.29) is 41.9 Å². The number of fused-ring (bicyclic) bond motifs is 4. The normalized spacial score (nSPS) is 30.0. The highest BCUT2D eigenvalue weighted by Crippen LogP contribution is 2.51. The molecule has 4 atom stereocenters. The molecule has 4 aliphatic rings. The zero-order valence-corrected chi connectivity index (χ0v) is 18.1. The molecule has 3 fully saturated rings. The van der Waals surface area contributed by atoms with Crippen LogP contribution in [0.25, 0.3) is 6.08 Å². The summed E-state index contributed by atoms with van der Waals surface area (Å²) in [5.74, 6) is -0.728. The van der Waals surface area contributed by atoms with E-state index in [0.29, 0.717) is 12.1 Å². The number of carbonyl (C=O) groups excluding carboxylic acids is 2. The van der Waals surface area contributed by atoms with Crippen LogP contribution in [-0.2, 0) is 16.1 Å². The van der Waals surface area contributed by atoms with Crippen molar-refractivity contribution in [2.45, 2.75) is 57.7 Å². The number of allylic oxidation sites excluding steroid dienone is 1. The van der Waals surface area contributed by atoms with Crippen LogP contribution in [0.2, 0.25) is 0 Å². The summed E-state index contributed by atoms with van der Waals surface area (Å²) in [5.41, 5.74) is 1.24. The number of aliphatic hydroxyl groups is 1. The van der Waals surface area contributed by atoms with Gasteiger partial charge in [0.05, 0.1) is 18.0 Å². The molecule has 1 aromatic rings. The van der Waals surface area contributed by atoms with E-state index < -0.39 is 12.0 Å².